The Bertz CT molecular complexity index is 348. The zero-order chi connectivity index (χ0) is 13.4. The molecule has 2 nitrogen and oxygen atoms in total. The first-order valence-corrected chi connectivity index (χ1v) is 7.11. The number of rotatable bonds is 8. The van der Waals surface area contributed by atoms with Crippen molar-refractivity contribution in [2.75, 3.05) is 13.2 Å². The van der Waals surface area contributed by atoms with E-state index >= 15 is 0 Å². The quantitative estimate of drug-likeness (QED) is 0.757. The maximum Gasteiger partial charge on any atom is 0.0438 e. The van der Waals surface area contributed by atoms with Gasteiger partial charge in [-0.05, 0) is 49.4 Å². The van der Waals surface area contributed by atoms with Gasteiger partial charge in [-0.25, -0.2) is 0 Å². The summed E-state index contributed by atoms with van der Waals surface area (Å²) in [5, 5.41) is 13.3. The van der Waals surface area contributed by atoms with Crippen molar-refractivity contribution >= 4 is 11.6 Å². The van der Waals surface area contributed by atoms with E-state index in [0.29, 0.717) is 5.92 Å². The number of aliphatic hydroxyl groups excluding tert-OH is 1. The molecule has 1 rings (SSSR count). The SMILES string of the molecule is CCCC(CCO)CNCc1ccc(C)c(Cl)c1. The Hall–Kier alpha value is -0.570. The molecule has 18 heavy (non-hydrogen) atoms. The third-order valence-electron chi connectivity index (χ3n) is 3.23. The molecule has 0 radical (unpaired) electrons. The molecular formula is C15H24ClNO. The summed E-state index contributed by atoms with van der Waals surface area (Å²) in [5.74, 6) is 0.570. The maximum absolute atomic E-state index is 9.00. The normalized spacial score (nSPS) is 12.7. The van der Waals surface area contributed by atoms with Crippen molar-refractivity contribution in [1.82, 2.24) is 5.32 Å². The highest BCUT2D eigenvalue weighted by molar-refractivity contribution is 6.31. The Morgan fingerprint density at radius 3 is 2.72 bits per heavy atom. The van der Waals surface area contributed by atoms with Crippen LogP contribution in [0.25, 0.3) is 0 Å². The lowest BCUT2D eigenvalue weighted by molar-refractivity contribution is 0.248. The van der Waals surface area contributed by atoms with Crippen molar-refractivity contribution in [1.29, 1.82) is 0 Å². The van der Waals surface area contributed by atoms with Gasteiger partial charge in [-0.3, -0.25) is 0 Å². The number of aryl methyl sites for hydroxylation is 1. The lowest BCUT2D eigenvalue weighted by Gasteiger charge is -2.15. The summed E-state index contributed by atoms with van der Waals surface area (Å²) in [7, 11) is 0. The molecule has 0 saturated carbocycles. The molecule has 0 aliphatic rings. The van der Waals surface area contributed by atoms with Gasteiger partial charge < -0.3 is 10.4 Å². The van der Waals surface area contributed by atoms with Gasteiger partial charge in [0.25, 0.3) is 0 Å². The highest BCUT2D eigenvalue weighted by atomic mass is 35.5. The molecule has 2 N–H and O–H groups in total. The van der Waals surface area contributed by atoms with Crippen LogP contribution in [0.2, 0.25) is 5.02 Å². The van der Waals surface area contributed by atoms with Crippen LogP contribution in [0.4, 0.5) is 0 Å². The van der Waals surface area contributed by atoms with Crippen molar-refractivity contribution in [3.8, 4) is 0 Å². The molecule has 1 atom stereocenters. The molecule has 0 aromatic heterocycles. The second-order valence-electron chi connectivity index (χ2n) is 4.88. The first-order chi connectivity index (χ1) is 8.67. The lowest BCUT2D eigenvalue weighted by atomic mass is 10.00. The average molecular weight is 270 g/mol. The molecular weight excluding hydrogens is 246 g/mol. The third-order valence-corrected chi connectivity index (χ3v) is 3.64. The van der Waals surface area contributed by atoms with Crippen LogP contribution >= 0.6 is 11.6 Å². The van der Waals surface area contributed by atoms with Gasteiger partial charge in [0, 0.05) is 18.2 Å². The second-order valence-corrected chi connectivity index (χ2v) is 5.29. The fourth-order valence-corrected chi connectivity index (χ4v) is 2.31. The monoisotopic (exact) mass is 269 g/mol. The zero-order valence-corrected chi connectivity index (χ0v) is 12.1. The summed E-state index contributed by atoms with van der Waals surface area (Å²) in [5.41, 5.74) is 2.33. The molecule has 1 aromatic carbocycles. The molecule has 0 aliphatic carbocycles. The second kappa shape index (κ2) is 8.52. The first-order valence-electron chi connectivity index (χ1n) is 6.74. The maximum atomic E-state index is 9.00. The van der Waals surface area contributed by atoms with Crippen LogP contribution in [0.1, 0.15) is 37.3 Å². The number of aliphatic hydroxyl groups is 1. The van der Waals surface area contributed by atoms with E-state index in [1.165, 1.54) is 18.4 Å². The van der Waals surface area contributed by atoms with Gasteiger partial charge in [0.15, 0.2) is 0 Å². The van der Waals surface area contributed by atoms with Crippen molar-refractivity contribution in [2.45, 2.75) is 39.7 Å². The molecule has 3 heteroatoms. The Morgan fingerprint density at radius 2 is 2.11 bits per heavy atom. The molecule has 1 unspecified atom stereocenters. The zero-order valence-electron chi connectivity index (χ0n) is 11.4. The molecule has 0 spiro atoms. The summed E-state index contributed by atoms with van der Waals surface area (Å²) < 4.78 is 0. The minimum Gasteiger partial charge on any atom is -0.396 e. The average Bonchev–Trinajstić information content (AvgIpc) is 2.34. The Balaban J connectivity index is 2.37. The molecule has 1 aromatic rings. The van der Waals surface area contributed by atoms with E-state index < -0.39 is 0 Å². The number of benzene rings is 1. The Morgan fingerprint density at radius 1 is 1.33 bits per heavy atom. The van der Waals surface area contributed by atoms with Gasteiger partial charge in [-0.2, -0.15) is 0 Å². The number of hydrogen-bond acceptors (Lipinski definition) is 2. The molecule has 0 heterocycles. The van der Waals surface area contributed by atoms with Crippen LogP contribution in [-0.4, -0.2) is 18.3 Å². The van der Waals surface area contributed by atoms with Crippen LogP contribution in [0.15, 0.2) is 18.2 Å². The predicted molar refractivity (Wildman–Crippen MR) is 78.0 cm³/mol. The van der Waals surface area contributed by atoms with Crippen molar-refractivity contribution < 1.29 is 5.11 Å². The molecule has 0 amide bonds. The van der Waals surface area contributed by atoms with Gasteiger partial charge in [0.1, 0.15) is 0 Å². The molecule has 0 aliphatic heterocycles. The van der Waals surface area contributed by atoms with E-state index in [-0.39, 0.29) is 6.61 Å². The van der Waals surface area contributed by atoms with E-state index in [4.69, 9.17) is 16.7 Å². The van der Waals surface area contributed by atoms with Crippen molar-refractivity contribution in [3.63, 3.8) is 0 Å². The first kappa shape index (κ1) is 15.5. The standard InChI is InChI=1S/C15H24ClNO/c1-3-4-13(7-8-18)10-17-11-14-6-5-12(2)15(16)9-14/h5-6,9,13,17-18H,3-4,7-8,10-11H2,1-2H3. The fraction of sp³-hybridized carbons (Fsp3) is 0.600. The van der Waals surface area contributed by atoms with E-state index in [1.807, 2.05) is 13.0 Å². The Labute approximate surface area is 115 Å². The summed E-state index contributed by atoms with van der Waals surface area (Å²) in [6.07, 6.45) is 3.22. The van der Waals surface area contributed by atoms with Gasteiger partial charge in [0.2, 0.25) is 0 Å². The summed E-state index contributed by atoms with van der Waals surface area (Å²) in [6.45, 7) is 6.27. The van der Waals surface area contributed by atoms with E-state index in [9.17, 15) is 0 Å². The predicted octanol–water partition coefficient (Wildman–Crippen LogP) is 3.54. The van der Waals surface area contributed by atoms with Gasteiger partial charge in [0.05, 0.1) is 0 Å². The van der Waals surface area contributed by atoms with Crippen LogP contribution in [0, 0.1) is 12.8 Å². The highest BCUT2D eigenvalue weighted by Crippen LogP contribution is 2.16. The largest absolute Gasteiger partial charge is 0.396 e. The van der Waals surface area contributed by atoms with Gasteiger partial charge in [-0.1, -0.05) is 37.1 Å². The topological polar surface area (TPSA) is 32.3 Å². The summed E-state index contributed by atoms with van der Waals surface area (Å²) in [6, 6.07) is 6.18. The number of hydrogen-bond donors (Lipinski definition) is 2. The molecule has 0 fully saturated rings. The van der Waals surface area contributed by atoms with E-state index in [1.54, 1.807) is 0 Å². The number of halogens is 1. The van der Waals surface area contributed by atoms with Gasteiger partial charge >= 0.3 is 0 Å². The van der Waals surface area contributed by atoms with Crippen LogP contribution in [-0.2, 0) is 6.54 Å². The number of nitrogens with one attached hydrogen (secondary N) is 1. The molecule has 0 bridgehead atoms. The fourth-order valence-electron chi connectivity index (χ4n) is 2.11. The minimum atomic E-state index is 0.280. The highest BCUT2D eigenvalue weighted by Gasteiger charge is 2.06. The lowest BCUT2D eigenvalue weighted by Crippen LogP contribution is -2.23. The van der Waals surface area contributed by atoms with E-state index in [2.05, 4.69) is 24.4 Å². The van der Waals surface area contributed by atoms with Crippen LogP contribution in [0.5, 0.6) is 0 Å². The van der Waals surface area contributed by atoms with Crippen molar-refractivity contribution in [2.24, 2.45) is 5.92 Å². The molecule has 102 valence electrons. The van der Waals surface area contributed by atoms with Crippen molar-refractivity contribution in [3.05, 3.63) is 34.3 Å². The van der Waals surface area contributed by atoms with Crippen LogP contribution in [0.3, 0.4) is 0 Å². The Kier molecular flexibility index (Phi) is 7.33. The summed E-state index contributed by atoms with van der Waals surface area (Å²) in [4.78, 5) is 0. The van der Waals surface area contributed by atoms with E-state index in [0.717, 1.165) is 30.1 Å². The minimum absolute atomic E-state index is 0.280. The smallest absolute Gasteiger partial charge is 0.0438 e. The van der Waals surface area contributed by atoms with Gasteiger partial charge in [-0.15, -0.1) is 0 Å². The third kappa shape index (κ3) is 5.38. The van der Waals surface area contributed by atoms with Crippen LogP contribution < -0.4 is 5.32 Å². The molecule has 0 saturated heterocycles. The summed E-state index contributed by atoms with van der Waals surface area (Å²) >= 11 is 6.09.